The van der Waals surface area contributed by atoms with Crippen molar-refractivity contribution in [3.63, 3.8) is 0 Å². The van der Waals surface area contributed by atoms with E-state index in [9.17, 15) is 27.9 Å². The largest absolute Gasteiger partial charge is 0.494 e. The number of hydrogen-bond donors (Lipinski definition) is 3. The SMILES string of the molecule is C/C(=N\NC(=O)CCC(=O)Nc1ccccc1)c1c(O)n(-c2cc(C)cc(C)c2)c2cc(C(F)(F)F)ccc12. The summed E-state index contributed by atoms with van der Waals surface area (Å²) in [6.45, 7) is 5.23. The lowest BCUT2D eigenvalue weighted by Gasteiger charge is -2.11. The molecule has 0 saturated heterocycles. The van der Waals surface area contributed by atoms with Crippen molar-refractivity contribution in [1.29, 1.82) is 0 Å². The van der Waals surface area contributed by atoms with Crippen molar-refractivity contribution in [2.24, 2.45) is 5.10 Å². The van der Waals surface area contributed by atoms with E-state index in [1.807, 2.05) is 26.0 Å². The van der Waals surface area contributed by atoms with Gasteiger partial charge in [0.25, 0.3) is 0 Å². The number of carbonyl (C=O) groups is 2. The Morgan fingerprint density at radius 1 is 0.923 bits per heavy atom. The lowest BCUT2D eigenvalue weighted by Crippen LogP contribution is -2.21. The molecular formula is C29H27F3N4O3. The summed E-state index contributed by atoms with van der Waals surface area (Å²) in [5.41, 5.74) is 4.85. The van der Waals surface area contributed by atoms with Crippen LogP contribution in [0, 0.1) is 13.8 Å². The highest BCUT2D eigenvalue weighted by atomic mass is 19.4. The highest BCUT2D eigenvalue weighted by molar-refractivity contribution is 6.13. The van der Waals surface area contributed by atoms with E-state index in [0.29, 0.717) is 16.8 Å². The molecule has 3 aromatic carbocycles. The number of hydrogen-bond acceptors (Lipinski definition) is 4. The Balaban J connectivity index is 1.62. The molecule has 1 aromatic heterocycles. The summed E-state index contributed by atoms with van der Waals surface area (Å²) in [4.78, 5) is 24.5. The van der Waals surface area contributed by atoms with Crippen LogP contribution in [0.3, 0.4) is 0 Å². The zero-order chi connectivity index (χ0) is 28.3. The molecule has 0 aliphatic rings. The molecule has 0 atom stereocenters. The van der Waals surface area contributed by atoms with Gasteiger partial charge in [-0.1, -0.05) is 30.3 Å². The second-order valence-corrected chi connectivity index (χ2v) is 9.26. The van der Waals surface area contributed by atoms with Crippen molar-refractivity contribution in [1.82, 2.24) is 9.99 Å². The number of anilines is 1. The molecule has 4 rings (SSSR count). The van der Waals surface area contributed by atoms with Gasteiger partial charge < -0.3 is 10.4 Å². The quantitative estimate of drug-likeness (QED) is 0.193. The number of nitrogens with zero attached hydrogens (tertiary/aromatic N) is 2. The van der Waals surface area contributed by atoms with E-state index in [4.69, 9.17) is 0 Å². The third-order valence-electron chi connectivity index (χ3n) is 6.08. The van der Waals surface area contributed by atoms with Crippen LogP contribution in [0.2, 0.25) is 0 Å². The van der Waals surface area contributed by atoms with Gasteiger partial charge >= 0.3 is 6.18 Å². The fourth-order valence-corrected chi connectivity index (χ4v) is 4.38. The van der Waals surface area contributed by atoms with Crippen molar-refractivity contribution < 1.29 is 27.9 Å². The van der Waals surface area contributed by atoms with E-state index in [2.05, 4.69) is 15.8 Å². The van der Waals surface area contributed by atoms with Gasteiger partial charge in [-0.2, -0.15) is 18.3 Å². The van der Waals surface area contributed by atoms with Gasteiger partial charge in [0.15, 0.2) is 0 Å². The predicted molar refractivity (Wildman–Crippen MR) is 144 cm³/mol. The van der Waals surface area contributed by atoms with Crippen molar-refractivity contribution >= 4 is 34.1 Å². The minimum Gasteiger partial charge on any atom is -0.494 e. The topological polar surface area (TPSA) is 95.7 Å². The molecule has 0 radical (unpaired) electrons. The normalized spacial score (nSPS) is 12.0. The smallest absolute Gasteiger partial charge is 0.416 e. The number of hydrazone groups is 1. The number of para-hydroxylation sites is 1. The monoisotopic (exact) mass is 536 g/mol. The van der Waals surface area contributed by atoms with Crippen molar-refractivity contribution in [2.75, 3.05) is 5.32 Å². The van der Waals surface area contributed by atoms with Crippen LogP contribution < -0.4 is 10.7 Å². The molecule has 2 amide bonds. The maximum atomic E-state index is 13.5. The van der Waals surface area contributed by atoms with E-state index < -0.39 is 17.6 Å². The molecule has 0 saturated carbocycles. The average Bonchev–Trinajstić information content (AvgIpc) is 3.16. The van der Waals surface area contributed by atoms with E-state index in [1.54, 1.807) is 36.4 Å². The number of amides is 2. The second kappa shape index (κ2) is 11.0. The third kappa shape index (κ3) is 6.28. The zero-order valence-corrected chi connectivity index (χ0v) is 21.6. The van der Waals surface area contributed by atoms with Gasteiger partial charge in [-0.3, -0.25) is 14.2 Å². The molecule has 1 heterocycles. The van der Waals surface area contributed by atoms with Crippen LogP contribution in [0.25, 0.3) is 16.6 Å². The summed E-state index contributed by atoms with van der Waals surface area (Å²) >= 11 is 0. The first-order valence-corrected chi connectivity index (χ1v) is 12.2. The van der Waals surface area contributed by atoms with Gasteiger partial charge in [-0.15, -0.1) is 0 Å². The summed E-state index contributed by atoms with van der Waals surface area (Å²) < 4.78 is 41.9. The summed E-state index contributed by atoms with van der Waals surface area (Å²) in [6, 6.07) is 17.4. The molecule has 7 nitrogen and oxygen atoms in total. The van der Waals surface area contributed by atoms with E-state index >= 15 is 0 Å². The molecule has 4 aromatic rings. The Kier molecular flexibility index (Phi) is 7.75. The molecule has 202 valence electrons. The van der Waals surface area contributed by atoms with Gasteiger partial charge in [0, 0.05) is 29.6 Å². The number of aromatic nitrogens is 1. The Morgan fingerprint density at radius 3 is 2.21 bits per heavy atom. The number of carbonyl (C=O) groups excluding carboxylic acids is 2. The second-order valence-electron chi connectivity index (χ2n) is 9.26. The lowest BCUT2D eigenvalue weighted by molar-refractivity contribution is -0.137. The fraction of sp³-hybridized carbons (Fsp3) is 0.207. The van der Waals surface area contributed by atoms with Crippen molar-refractivity contribution in [3.05, 3.63) is 89.0 Å². The highest BCUT2D eigenvalue weighted by Crippen LogP contribution is 2.39. The van der Waals surface area contributed by atoms with Gasteiger partial charge in [0.05, 0.1) is 22.4 Å². The van der Waals surface area contributed by atoms with Crippen LogP contribution in [0.1, 0.15) is 42.0 Å². The molecule has 39 heavy (non-hydrogen) atoms. The van der Waals surface area contributed by atoms with E-state index in [0.717, 1.165) is 23.3 Å². The highest BCUT2D eigenvalue weighted by Gasteiger charge is 2.32. The molecule has 0 spiro atoms. The number of fused-ring (bicyclic) bond motifs is 1. The Labute approximate surface area is 223 Å². The van der Waals surface area contributed by atoms with Crippen LogP contribution >= 0.6 is 0 Å². The standard InChI is InChI=1S/C29H27F3N4O3/c1-17-13-18(2)15-22(14-17)36-24-16-20(29(30,31)32)9-10-23(24)27(28(36)39)19(3)34-35-26(38)12-11-25(37)33-21-7-5-4-6-8-21/h4-10,13-16,39H,11-12H2,1-3H3,(H,33,37)(H,35,38)/b34-19+. The summed E-state index contributed by atoms with van der Waals surface area (Å²) in [6.07, 6.45) is -4.79. The third-order valence-corrected chi connectivity index (χ3v) is 6.08. The number of rotatable bonds is 7. The summed E-state index contributed by atoms with van der Waals surface area (Å²) in [7, 11) is 0. The van der Waals surface area contributed by atoms with Crippen molar-refractivity contribution in [2.45, 2.75) is 39.8 Å². The van der Waals surface area contributed by atoms with E-state index in [1.165, 1.54) is 17.6 Å². The van der Waals surface area contributed by atoms with Crippen LogP contribution in [0.5, 0.6) is 5.88 Å². The molecule has 0 unspecified atom stereocenters. The Morgan fingerprint density at radius 2 is 1.56 bits per heavy atom. The molecule has 0 bridgehead atoms. The molecule has 10 heteroatoms. The van der Waals surface area contributed by atoms with Gasteiger partial charge in [-0.05, 0) is 68.3 Å². The Bertz CT molecular complexity index is 1550. The first-order chi connectivity index (χ1) is 18.4. The molecule has 0 fully saturated rings. The maximum Gasteiger partial charge on any atom is 0.416 e. The number of benzene rings is 3. The summed E-state index contributed by atoms with van der Waals surface area (Å²) in [5.74, 6) is -1.19. The predicted octanol–water partition coefficient (Wildman–Crippen LogP) is 6.23. The number of alkyl halides is 3. The maximum absolute atomic E-state index is 13.5. The van der Waals surface area contributed by atoms with E-state index in [-0.39, 0.29) is 41.4 Å². The zero-order valence-electron chi connectivity index (χ0n) is 21.6. The van der Waals surface area contributed by atoms with Crippen molar-refractivity contribution in [3.8, 4) is 11.6 Å². The average molecular weight is 537 g/mol. The first-order valence-electron chi connectivity index (χ1n) is 12.2. The van der Waals surface area contributed by atoms with Gasteiger partial charge in [0.2, 0.25) is 17.7 Å². The molecule has 0 aliphatic heterocycles. The first kappa shape index (κ1) is 27.4. The summed E-state index contributed by atoms with van der Waals surface area (Å²) in [5, 5.41) is 18.3. The minimum absolute atomic E-state index is 0.0766. The van der Waals surface area contributed by atoms with Gasteiger partial charge in [-0.25, -0.2) is 5.43 Å². The number of aromatic hydroxyl groups is 1. The van der Waals surface area contributed by atoms with Crippen LogP contribution in [0.15, 0.2) is 71.8 Å². The fourth-order valence-electron chi connectivity index (χ4n) is 4.38. The lowest BCUT2D eigenvalue weighted by atomic mass is 10.1. The number of halogens is 3. The number of aryl methyl sites for hydroxylation is 2. The van der Waals surface area contributed by atoms with Crippen LogP contribution in [0.4, 0.5) is 18.9 Å². The number of nitrogens with one attached hydrogen (secondary N) is 2. The van der Waals surface area contributed by atoms with Crippen LogP contribution in [-0.4, -0.2) is 27.2 Å². The van der Waals surface area contributed by atoms with Crippen LogP contribution in [-0.2, 0) is 15.8 Å². The van der Waals surface area contributed by atoms with Gasteiger partial charge in [0.1, 0.15) is 0 Å². The Hall–Kier alpha value is -4.60. The molecule has 3 N–H and O–H groups in total. The molecular weight excluding hydrogens is 509 g/mol. The minimum atomic E-state index is -4.58. The molecule has 0 aliphatic carbocycles.